The quantitative estimate of drug-likeness (QED) is 0.358. The number of ether oxygens (including phenoxy) is 1. The van der Waals surface area contributed by atoms with Crippen LogP contribution in [0.2, 0.25) is 0 Å². The Balaban J connectivity index is 2.75. The van der Waals surface area contributed by atoms with E-state index in [1.54, 1.807) is 6.92 Å². The van der Waals surface area contributed by atoms with Gasteiger partial charge < -0.3 is 10.1 Å². The maximum absolute atomic E-state index is 12.1. The van der Waals surface area contributed by atoms with Gasteiger partial charge in [-0.25, -0.2) is 17.9 Å². The van der Waals surface area contributed by atoms with E-state index in [0.29, 0.717) is 6.42 Å². The number of hydrogen-bond donors (Lipinski definition) is 2. The summed E-state index contributed by atoms with van der Waals surface area (Å²) in [5, 5.41) is 13.0. The molecule has 0 saturated heterocycles. The van der Waals surface area contributed by atoms with Crippen molar-refractivity contribution in [3.05, 3.63) is 34.4 Å². The molecule has 0 aliphatic heterocycles. The number of methoxy groups -OCH3 is 1. The van der Waals surface area contributed by atoms with Crippen LogP contribution < -0.4 is 10.0 Å². The lowest BCUT2D eigenvalue weighted by molar-refractivity contribution is -0.384. The fourth-order valence-electron chi connectivity index (χ4n) is 2.01. The average molecular weight is 387 g/mol. The highest BCUT2D eigenvalue weighted by Gasteiger charge is 2.27. The van der Waals surface area contributed by atoms with Gasteiger partial charge in [0.1, 0.15) is 6.04 Å². The van der Waals surface area contributed by atoms with Gasteiger partial charge in [0.15, 0.2) is 0 Å². The van der Waals surface area contributed by atoms with E-state index in [1.807, 2.05) is 6.92 Å². The van der Waals surface area contributed by atoms with E-state index in [-0.39, 0.29) is 16.5 Å². The van der Waals surface area contributed by atoms with Crippen molar-refractivity contribution in [2.24, 2.45) is 5.92 Å². The second-order valence-corrected chi connectivity index (χ2v) is 7.30. The van der Waals surface area contributed by atoms with Crippen molar-refractivity contribution in [3.8, 4) is 0 Å². The molecule has 11 heteroatoms. The molecule has 0 aliphatic rings. The third-order valence-electron chi connectivity index (χ3n) is 3.77. The van der Waals surface area contributed by atoms with Gasteiger partial charge in [0, 0.05) is 12.1 Å². The molecular formula is C15H21N3O7S. The van der Waals surface area contributed by atoms with Crippen LogP contribution in [0.3, 0.4) is 0 Å². The Labute approximate surface area is 151 Å². The number of carbonyl (C=O) groups excluding carboxylic acids is 2. The molecule has 2 N–H and O–H groups in total. The number of nitrogens with one attached hydrogen (secondary N) is 2. The molecule has 10 nitrogen and oxygen atoms in total. The lowest BCUT2D eigenvalue weighted by Gasteiger charge is -2.21. The summed E-state index contributed by atoms with van der Waals surface area (Å²) in [6.07, 6.45) is 0.606. The van der Waals surface area contributed by atoms with Gasteiger partial charge in [0.25, 0.3) is 5.69 Å². The molecule has 1 unspecified atom stereocenters. The van der Waals surface area contributed by atoms with Gasteiger partial charge in [-0.2, -0.15) is 0 Å². The summed E-state index contributed by atoms with van der Waals surface area (Å²) < 4.78 is 31.0. The van der Waals surface area contributed by atoms with E-state index in [0.717, 1.165) is 24.3 Å². The van der Waals surface area contributed by atoms with E-state index in [2.05, 4.69) is 14.8 Å². The number of hydrogen-bond acceptors (Lipinski definition) is 7. The minimum atomic E-state index is -4.03. The molecule has 0 spiro atoms. The van der Waals surface area contributed by atoms with Crippen LogP contribution in [0.15, 0.2) is 29.2 Å². The minimum Gasteiger partial charge on any atom is -0.467 e. The first kappa shape index (κ1) is 21.5. The number of nitrogens with zero attached hydrogens (tertiary/aromatic N) is 1. The SMILES string of the molecule is CCC(C)[C@H](NC(=O)CNS(=O)(=O)c1ccc([N+](=O)[O-])cc1)C(=O)OC. The van der Waals surface area contributed by atoms with Crippen molar-refractivity contribution in [2.75, 3.05) is 13.7 Å². The van der Waals surface area contributed by atoms with Crippen molar-refractivity contribution in [2.45, 2.75) is 31.2 Å². The van der Waals surface area contributed by atoms with Gasteiger partial charge in [-0.15, -0.1) is 0 Å². The first-order valence-corrected chi connectivity index (χ1v) is 9.22. The second kappa shape index (κ2) is 9.25. The Morgan fingerprint density at radius 1 is 1.27 bits per heavy atom. The van der Waals surface area contributed by atoms with Crippen molar-refractivity contribution in [1.82, 2.24) is 10.0 Å². The second-order valence-electron chi connectivity index (χ2n) is 5.53. The lowest BCUT2D eigenvalue weighted by atomic mass is 9.99. The molecule has 0 saturated carbocycles. The smallest absolute Gasteiger partial charge is 0.328 e. The molecule has 1 amide bonds. The van der Waals surface area contributed by atoms with E-state index >= 15 is 0 Å². The maximum atomic E-state index is 12.1. The normalized spacial score (nSPS) is 13.5. The molecule has 144 valence electrons. The standard InChI is InChI=1S/C15H21N3O7S/c1-4-10(2)14(15(20)25-3)17-13(19)9-16-26(23,24)12-7-5-11(6-8-12)18(21)22/h5-8,10,14,16H,4,9H2,1-3H3,(H,17,19)/t10?,14-/m0/s1. The number of nitro benzene ring substituents is 1. The van der Waals surface area contributed by atoms with E-state index in [1.165, 1.54) is 7.11 Å². The van der Waals surface area contributed by atoms with Gasteiger partial charge in [-0.3, -0.25) is 14.9 Å². The van der Waals surface area contributed by atoms with Crippen LogP contribution in [0.1, 0.15) is 20.3 Å². The van der Waals surface area contributed by atoms with Crippen LogP contribution in [-0.2, 0) is 24.3 Å². The predicted octanol–water partition coefficient (Wildman–Crippen LogP) is 0.577. The summed E-state index contributed by atoms with van der Waals surface area (Å²) in [5.74, 6) is -1.52. The number of benzene rings is 1. The summed E-state index contributed by atoms with van der Waals surface area (Å²) in [6.45, 7) is 3.00. The molecule has 1 rings (SSSR count). The summed E-state index contributed by atoms with van der Waals surface area (Å²) in [5.41, 5.74) is -0.254. The Morgan fingerprint density at radius 2 is 1.85 bits per heavy atom. The fourth-order valence-corrected chi connectivity index (χ4v) is 2.99. The Morgan fingerprint density at radius 3 is 2.31 bits per heavy atom. The van der Waals surface area contributed by atoms with Gasteiger partial charge in [0.2, 0.25) is 15.9 Å². The number of amides is 1. The zero-order valence-electron chi connectivity index (χ0n) is 14.6. The molecule has 0 radical (unpaired) electrons. The molecule has 0 bridgehead atoms. The molecule has 26 heavy (non-hydrogen) atoms. The molecule has 0 fully saturated rings. The van der Waals surface area contributed by atoms with Crippen LogP contribution in [0.5, 0.6) is 0 Å². The molecule has 0 heterocycles. The summed E-state index contributed by atoms with van der Waals surface area (Å²) >= 11 is 0. The van der Waals surface area contributed by atoms with Crippen molar-refractivity contribution >= 4 is 27.6 Å². The third-order valence-corrected chi connectivity index (χ3v) is 5.18. The Hall–Kier alpha value is -2.53. The fraction of sp³-hybridized carbons (Fsp3) is 0.467. The highest BCUT2D eigenvalue weighted by Crippen LogP contribution is 2.15. The first-order chi connectivity index (χ1) is 12.1. The van der Waals surface area contributed by atoms with Gasteiger partial charge in [-0.05, 0) is 18.1 Å². The third kappa shape index (κ3) is 5.77. The largest absolute Gasteiger partial charge is 0.467 e. The summed E-state index contributed by atoms with van der Waals surface area (Å²) in [6, 6.07) is 3.33. The molecule has 1 aromatic carbocycles. The van der Waals surface area contributed by atoms with Gasteiger partial charge >= 0.3 is 5.97 Å². The van der Waals surface area contributed by atoms with Gasteiger partial charge in [-0.1, -0.05) is 20.3 Å². The molecule has 0 aromatic heterocycles. The number of esters is 1. The summed E-state index contributed by atoms with van der Waals surface area (Å²) in [7, 11) is -2.84. The molecule has 2 atom stereocenters. The van der Waals surface area contributed by atoms with Crippen LogP contribution in [-0.4, -0.2) is 44.9 Å². The molecule has 1 aromatic rings. The Bertz CT molecular complexity index is 762. The molecular weight excluding hydrogens is 366 g/mol. The van der Waals surface area contributed by atoms with Crippen LogP contribution >= 0.6 is 0 Å². The number of rotatable bonds is 9. The first-order valence-electron chi connectivity index (χ1n) is 7.73. The Kier molecular flexibility index (Phi) is 7.65. The van der Waals surface area contributed by atoms with E-state index in [9.17, 15) is 28.1 Å². The number of carbonyl (C=O) groups is 2. The van der Waals surface area contributed by atoms with E-state index < -0.39 is 39.4 Å². The minimum absolute atomic E-state index is 0.197. The van der Waals surface area contributed by atoms with Crippen LogP contribution in [0, 0.1) is 16.0 Å². The highest BCUT2D eigenvalue weighted by atomic mass is 32.2. The number of non-ortho nitro benzene ring substituents is 1. The number of sulfonamides is 1. The lowest BCUT2D eigenvalue weighted by Crippen LogP contribution is -2.48. The van der Waals surface area contributed by atoms with Crippen LogP contribution in [0.25, 0.3) is 0 Å². The van der Waals surface area contributed by atoms with Crippen molar-refractivity contribution in [3.63, 3.8) is 0 Å². The monoisotopic (exact) mass is 387 g/mol. The average Bonchev–Trinajstić information content (AvgIpc) is 2.63. The van der Waals surface area contributed by atoms with E-state index in [4.69, 9.17) is 0 Å². The zero-order valence-corrected chi connectivity index (χ0v) is 15.4. The highest BCUT2D eigenvalue weighted by molar-refractivity contribution is 7.89. The summed E-state index contributed by atoms with van der Waals surface area (Å²) in [4.78, 5) is 33.4. The maximum Gasteiger partial charge on any atom is 0.328 e. The van der Waals surface area contributed by atoms with Crippen molar-refractivity contribution < 1.29 is 27.7 Å². The topological polar surface area (TPSA) is 145 Å². The molecule has 0 aliphatic carbocycles. The zero-order chi connectivity index (χ0) is 19.9. The van der Waals surface area contributed by atoms with Crippen molar-refractivity contribution in [1.29, 1.82) is 0 Å². The predicted molar refractivity (Wildman–Crippen MR) is 91.7 cm³/mol. The van der Waals surface area contributed by atoms with Crippen LogP contribution in [0.4, 0.5) is 5.69 Å². The van der Waals surface area contributed by atoms with Gasteiger partial charge in [0.05, 0.1) is 23.5 Å². The number of nitro groups is 1.